The van der Waals surface area contributed by atoms with E-state index in [2.05, 4.69) is 5.32 Å². The zero-order chi connectivity index (χ0) is 27.6. The maximum atomic E-state index is 13.5. The number of likely N-dealkylation sites (N-methyl/N-ethyl adjacent to an activating group) is 1. The number of hydrogen-bond donors (Lipinski definition) is 1. The summed E-state index contributed by atoms with van der Waals surface area (Å²) in [6.07, 6.45) is 1.62. The van der Waals surface area contributed by atoms with Gasteiger partial charge in [0, 0.05) is 31.5 Å². The maximum Gasteiger partial charge on any atom is 0.266 e. The van der Waals surface area contributed by atoms with E-state index in [4.69, 9.17) is 0 Å². The Kier molecular flexibility index (Phi) is 7.68. The number of nitrogens with one attached hydrogen (secondary N) is 1. The number of carbonyl (C=O) groups excluding carboxylic acids is 5. The lowest BCUT2D eigenvalue weighted by atomic mass is 10.0. The summed E-state index contributed by atoms with van der Waals surface area (Å²) in [5.74, 6) is -1.57. The van der Waals surface area contributed by atoms with Gasteiger partial charge < -0.3 is 5.32 Å². The molecule has 196 valence electrons. The van der Waals surface area contributed by atoms with E-state index in [1.54, 1.807) is 61.5 Å². The molecule has 1 heterocycles. The molecular formula is C29H29N3O5S. The summed E-state index contributed by atoms with van der Waals surface area (Å²) < 4.78 is 0. The lowest BCUT2D eigenvalue weighted by molar-refractivity contribution is -0.127. The number of benzene rings is 3. The largest absolute Gasteiger partial charge is 0.356 e. The second-order valence-electron chi connectivity index (χ2n) is 9.16. The zero-order valence-electron chi connectivity index (χ0n) is 21.7. The molecule has 0 aromatic heterocycles. The smallest absolute Gasteiger partial charge is 0.266 e. The molecule has 0 saturated carbocycles. The SMILES string of the molecule is CCCCC(=O)N(c1ccc2c(N3C(=O)c4ccccc4C3=O)cccc2c1)[C@](C)(SC(C)=O)C(=O)NC. The number of unbranched alkanes of at least 4 members (excludes halogenated alkanes) is 1. The van der Waals surface area contributed by atoms with Crippen LogP contribution in [-0.2, 0) is 14.4 Å². The minimum atomic E-state index is -1.53. The van der Waals surface area contributed by atoms with Crippen LogP contribution in [0.2, 0.25) is 0 Å². The summed E-state index contributed by atoms with van der Waals surface area (Å²) in [6.45, 7) is 4.88. The molecule has 4 amide bonds. The second kappa shape index (κ2) is 10.8. The van der Waals surface area contributed by atoms with Gasteiger partial charge in [-0.3, -0.25) is 28.9 Å². The molecule has 9 heteroatoms. The first-order valence-electron chi connectivity index (χ1n) is 12.4. The van der Waals surface area contributed by atoms with Crippen LogP contribution < -0.4 is 15.1 Å². The van der Waals surface area contributed by atoms with Crippen LogP contribution in [0.15, 0.2) is 60.7 Å². The fourth-order valence-electron chi connectivity index (χ4n) is 4.77. The average Bonchev–Trinajstić information content (AvgIpc) is 3.15. The number of nitrogens with zero attached hydrogens (tertiary/aromatic N) is 2. The average molecular weight is 532 g/mol. The third kappa shape index (κ3) is 4.69. The fourth-order valence-corrected chi connectivity index (χ4v) is 5.82. The summed E-state index contributed by atoms with van der Waals surface area (Å²) in [7, 11) is 1.46. The van der Waals surface area contributed by atoms with Crippen molar-refractivity contribution in [1.29, 1.82) is 0 Å². The lowest BCUT2D eigenvalue weighted by Gasteiger charge is -2.38. The lowest BCUT2D eigenvalue weighted by Crippen LogP contribution is -2.57. The van der Waals surface area contributed by atoms with Gasteiger partial charge >= 0.3 is 0 Å². The monoisotopic (exact) mass is 531 g/mol. The second-order valence-corrected chi connectivity index (χ2v) is 10.7. The van der Waals surface area contributed by atoms with Gasteiger partial charge in [-0.15, -0.1) is 0 Å². The number of thioether (sulfide) groups is 1. The molecule has 1 N–H and O–H groups in total. The van der Waals surface area contributed by atoms with E-state index >= 15 is 0 Å². The van der Waals surface area contributed by atoms with E-state index in [1.165, 1.54) is 18.9 Å². The number of imide groups is 1. The number of anilines is 2. The Morgan fingerprint density at radius 2 is 1.63 bits per heavy atom. The van der Waals surface area contributed by atoms with Crippen molar-refractivity contribution in [2.24, 2.45) is 0 Å². The summed E-state index contributed by atoms with van der Waals surface area (Å²) in [4.78, 5) is 66.0. The summed E-state index contributed by atoms with van der Waals surface area (Å²) in [6, 6.07) is 17.1. The Morgan fingerprint density at radius 1 is 0.974 bits per heavy atom. The highest BCUT2D eigenvalue weighted by atomic mass is 32.2. The Balaban J connectivity index is 1.84. The topological polar surface area (TPSA) is 104 Å². The van der Waals surface area contributed by atoms with E-state index < -0.39 is 22.6 Å². The molecule has 1 atom stereocenters. The Morgan fingerprint density at radius 3 is 2.21 bits per heavy atom. The highest BCUT2D eigenvalue weighted by molar-refractivity contribution is 8.15. The first-order valence-corrected chi connectivity index (χ1v) is 13.2. The standard InChI is InChI=1S/C29H29N3O5S/c1-5-6-14-25(34)32(29(3,28(37)30-4)38-18(2)33)20-15-16-21-19(17-20)10-9-13-24(21)31-26(35)22-11-7-8-12-23(22)27(31)36/h7-13,15-17H,5-6,14H2,1-4H3,(H,30,37)/t29-/m1/s1. The molecular weight excluding hydrogens is 502 g/mol. The highest BCUT2D eigenvalue weighted by Crippen LogP contribution is 2.39. The highest BCUT2D eigenvalue weighted by Gasteiger charge is 2.45. The van der Waals surface area contributed by atoms with E-state index in [1.807, 2.05) is 13.0 Å². The number of hydrogen-bond acceptors (Lipinski definition) is 6. The maximum absolute atomic E-state index is 13.5. The first kappa shape index (κ1) is 27.1. The van der Waals surface area contributed by atoms with Gasteiger partial charge in [-0.2, -0.15) is 0 Å². The molecule has 1 aliphatic rings. The molecule has 1 aliphatic heterocycles. The van der Waals surface area contributed by atoms with E-state index in [-0.39, 0.29) is 17.4 Å². The van der Waals surface area contributed by atoms with Crippen LogP contribution in [0.4, 0.5) is 11.4 Å². The normalized spacial score (nSPS) is 14.3. The molecule has 0 spiro atoms. The summed E-state index contributed by atoms with van der Waals surface area (Å²) >= 11 is 0.778. The van der Waals surface area contributed by atoms with Crippen molar-refractivity contribution in [3.8, 4) is 0 Å². The van der Waals surface area contributed by atoms with Crippen LogP contribution in [0.25, 0.3) is 10.8 Å². The molecule has 38 heavy (non-hydrogen) atoms. The van der Waals surface area contributed by atoms with Crippen LogP contribution in [0.1, 0.15) is 60.7 Å². The number of carbonyl (C=O) groups is 5. The van der Waals surface area contributed by atoms with Crippen molar-refractivity contribution in [3.05, 3.63) is 71.8 Å². The van der Waals surface area contributed by atoms with Crippen molar-refractivity contribution >= 4 is 62.7 Å². The Bertz CT molecular complexity index is 1430. The molecule has 4 rings (SSSR count). The van der Waals surface area contributed by atoms with Crippen LogP contribution in [-0.4, -0.2) is 40.7 Å². The minimum Gasteiger partial charge on any atom is -0.356 e. The third-order valence-electron chi connectivity index (χ3n) is 6.55. The summed E-state index contributed by atoms with van der Waals surface area (Å²) in [5, 5.41) is 3.57. The van der Waals surface area contributed by atoms with Crippen LogP contribution in [0.3, 0.4) is 0 Å². The third-order valence-corrected chi connectivity index (χ3v) is 7.60. The van der Waals surface area contributed by atoms with Gasteiger partial charge in [0.15, 0.2) is 9.99 Å². The number of rotatable bonds is 8. The Hall–Kier alpha value is -3.98. The van der Waals surface area contributed by atoms with Gasteiger partial charge in [0.2, 0.25) is 5.91 Å². The van der Waals surface area contributed by atoms with Crippen molar-refractivity contribution in [3.63, 3.8) is 0 Å². The van der Waals surface area contributed by atoms with Crippen molar-refractivity contribution in [2.75, 3.05) is 16.8 Å². The van der Waals surface area contributed by atoms with Gasteiger partial charge in [0.25, 0.3) is 17.7 Å². The molecule has 8 nitrogen and oxygen atoms in total. The number of amides is 4. The molecule has 0 radical (unpaired) electrons. The molecule has 0 saturated heterocycles. The van der Waals surface area contributed by atoms with E-state index in [9.17, 15) is 24.0 Å². The van der Waals surface area contributed by atoms with Gasteiger partial charge in [-0.25, -0.2) is 4.90 Å². The van der Waals surface area contributed by atoms with Gasteiger partial charge in [-0.05, 0) is 60.8 Å². The van der Waals surface area contributed by atoms with Crippen molar-refractivity contribution < 1.29 is 24.0 Å². The molecule has 0 fully saturated rings. The van der Waals surface area contributed by atoms with Crippen molar-refractivity contribution in [1.82, 2.24) is 5.32 Å². The van der Waals surface area contributed by atoms with E-state index in [0.717, 1.165) is 23.1 Å². The molecule has 0 unspecified atom stereocenters. The van der Waals surface area contributed by atoms with Gasteiger partial charge in [0.05, 0.1) is 16.8 Å². The van der Waals surface area contributed by atoms with Crippen LogP contribution in [0, 0.1) is 0 Å². The molecule has 3 aromatic rings. The molecule has 0 aliphatic carbocycles. The van der Waals surface area contributed by atoms with Gasteiger partial charge in [0.1, 0.15) is 0 Å². The van der Waals surface area contributed by atoms with Crippen molar-refractivity contribution in [2.45, 2.75) is 44.9 Å². The quantitative estimate of drug-likeness (QED) is 0.327. The fraction of sp³-hybridized carbons (Fsp3) is 0.276. The van der Waals surface area contributed by atoms with Gasteiger partial charge in [-0.1, -0.05) is 43.7 Å². The molecule has 3 aromatic carbocycles. The van der Waals surface area contributed by atoms with E-state index in [0.29, 0.717) is 39.7 Å². The predicted octanol–water partition coefficient (Wildman–Crippen LogP) is 4.91. The zero-order valence-corrected chi connectivity index (χ0v) is 22.6. The Labute approximate surface area is 225 Å². The first-order chi connectivity index (χ1) is 18.1. The number of fused-ring (bicyclic) bond motifs is 2. The van der Waals surface area contributed by atoms with Crippen LogP contribution >= 0.6 is 11.8 Å². The minimum absolute atomic E-state index is 0.203. The summed E-state index contributed by atoms with van der Waals surface area (Å²) in [5.41, 5.74) is 1.55. The molecule has 0 bridgehead atoms. The van der Waals surface area contributed by atoms with Crippen LogP contribution in [0.5, 0.6) is 0 Å². The predicted molar refractivity (Wildman–Crippen MR) is 149 cm³/mol.